The molecule has 0 amide bonds. The van der Waals surface area contributed by atoms with Crippen LogP contribution in [0, 0.1) is 22.9 Å². The molecule has 1 aliphatic rings. The Morgan fingerprint density at radius 1 is 1.50 bits per heavy atom. The van der Waals surface area contributed by atoms with Crippen LogP contribution in [0.3, 0.4) is 0 Å². The number of nitrogens with two attached hydrogens (primary N) is 1. The zero-order valence-electron chi connectivity index (χ0n) is 11.7. The lowest BCUT2D eigenvalue weighted by atomic mass is 10.1. The summed E-state index contributed by atoms with van der Waals surface area (Å²) in [6, 6.07) is 2.54. The molecule has 1 unspecified atom stereocenters. The van der Waals surface area contributed by atoms with Crippen LogP contribution in [0.5, 0.6) is 0 Å². The summed E-state index contributed by atoms with van der Waals surface area (Å²) in [5, 5.41) is 11.2. The van der Waals surface area contributed by atoms with Crippen LogP contribution in [0.1, 0.15) is 5.56 Å². The highest BCUT2D eigenvalue weighted by atomic mass is 19.1. The van der Waals surface area contributed by atoms with E-state index >= 15 is 0 Å². The molecule has 1 heterocycles. The maximum atomic E-state index is 13.6. The van der Waals surface area contributed by atoms with Gasteiger partial charge in [-0.05, 0) is 25.6 Å². The van der Waals surface area contributed by atoms with Crippen LogP contribution >= 0.6 is 0 Å². The van der Waals surface area contributed by atoms with E-state index in [4.69, 9.17) is 5.73 Å². The van der Waals surface area contributed by atoms with Gasteiger partial charge in [0, 0.05) is 26.2 Å². The summed E-state index contributed by atoms with van der Waals surface area (Å²) in [4.78, 5) is 14.7. The molecule has 0 aliphatic carbocycles. The van der Waals surface area contributed by atoms with E-state index in [-0.39, 0.29) is 11.7 Å². The van der Waals surface area contributed by atoms with Gasteiger partial charge in [0.2, 0.25) is 0 Å². The number of piperazine rings is 1. The largest absolute Gasteiger partial charge is 0.359 e. The Morgan fingerprint density at radius 2 is 2.20 bits per heavy atom. The van der Waals surface area contributed by atoms with Crippen LogP contribution in [0.2, 0.25) is 0 Å². The highest BCUT2D eigenvalue weighted by Crippen LogP contribution is 2.33. The molecule has 0 aromatic heterocycles. The average Bonchev–Trinajstić information content (AvgIpc) is 2.41. The normalized spacial score (nSPS) is 20.2. The molecule has 20 heavy (non-hydrogen) atoms. The quantitative estimate of drug-likeness (QED) is 0.664. The van der Waals surface area contributed by atoms with E-state index < -0.39 is 10.7 Å². The van der Waals surface area contributed by atoms with E-state index in [9.17, 15) is 14.5 Å². The summed E-state index contributed by atoms with van der Waals surface area (Å²) in [5.74, 6) is -0.557. The van der Waals surface area contributed by atoms with Crippen LogP contribution in [0.25, 0.3) is 0 Å². The monoisotopic (exact) mass is 282 g/mol. The van der Waals surface area contributed by atoms with Gasteiger partial charge in [0.1, 0.15) is 11.5 Å². The molecular formula is C13H19FN4O2. The fraction of sp³-hybridized carbons (Fsp3) is 0.538. The molecule has 1 aromatic rings. The topological polar surface area (TPSA) is 75.6 Å². The smallest absolute Gasteiger partial charge is 0.295 e. The predicted molar refractivity (Wildman–Crippen MR) is 75.5 cm³/mol. The van der Waals surface area contributed by atoms with E-state index in [2.05, 4.69) is 4.90 Å². The number of aryl methyl sites for hydroxylation is 1. The van der Waals surface area contributed by atoms with Gasteiger partial charge in [0.25, 0.3) is 5.69 Å². The second-order valence-corrected chi connectivity index (χ2v) is 5.19. The van der Waals surface area contributed by atoms with Gasteiger partial charge in [-0.3, -0.25) is 10.1 Å². The summed E-state index contributed by atoms with van der Waals surface area (Å²) in [6.07, 6.45) is 0. The van der Waals surface area contributed by atoms with Crippen molar-refractivity contribution in [2.24, 2.45) is 5.73 Å². The molecule has 0 spiro atoms. The Hall–Kier alpha value is -1.73. The number of halogens is 1. The lowest BCUT2D eigenvalue weighted by molar-refractivity contribution is -0.384. The number of nitro groups is 1. The predicted octanol–water partition coefficient (Wildman–Crippen LogP) is 1.12. The summed E-state index contributed by atoms with van der Waals surface area (Å²) < 4.78 is 13.6. The number of rotatable bonds is 3. The van der Waals surface area contributed by atoms with Gasteiger partial charge in [0.05, 0.1) is 17.0 Å². The van der Waals surface area contributed by atoms with Crippen molar-refractivity contribution in [1.82, 2.24) is 4.90 Å². The first-order chi connectivity index (χ1) is 9.43. The number of benzene rings is 1. The second kappa shape index (κ2) is 5.72. The van der Waals surface area contributed by atoms with Crippen molar-refractivity contribution in [3.05, 3.63) is 33.6 Å². The molecule has 1 saturated heterocycles. The molecule has 6 nitrogen and oxygen atoms in total. The minimum absolute atomic E-state index is 0.00249. The maximum Gasteiger partial charge on any atom is 0.295 e. The zero-order valence-corrected chi connectivity index (χ0v) is 11.7. The fourth-order valence-corrected chi connectivity index (χ4v) is 2.56. The number of nitro benzene ring substituents is 1. The number of anilines is 1. The van der Waals surface area contributed by atoms with E-state index in [0.29, 0.717) is 24.3 Å². The summed E-state index contributed by atoms with van der Waals surface area (Å²) in [5.41, 5.74) is 6.44. The minimum Gasteiger partial charge on any atom is -0.359 e. The molecule has 1 atom stereocenters. The molecule has 2 N–H and O–H groups in total. The van der Waals surface area contributed by atoms with Gasteiger partial charge in [-0.25, -0.2) is 4.39 Å². The van der Waals surface area contributed by atoms with Crippen LogP contribution in [-0.4, -0.2) is 49.1 Å². The van der Waals surface area contributed by atoms with Crippen molar-refractivity contribution >= 4 is 11.4 Å². The summed E-state index contributed by atoms with van der Waals surface area (Å²) in [6.45, 7) is 4.19. The first-order valence-corrected chi connectivity index (χ1v) is 6.53. The Labute approximate surface area is 117 Å². The molecule has 2 rings (SSSR count). The molecule has 0 saturated carbocycles. The minimum atomic E-state index is -0.557. The van der Waals surface area contributed by atoms with Gasteiger partial charge < -0.3 is 15.5 Å². The van der Waals surface area contributed by atoms with E-state index in [0.717, 1.165) is 19.2 Å². The van der Waals surface area contributed by atoms with Crippen molar-refractivity contribution in [2.75, 3.05) is 38.1 Å². The first kappa shape index (κ1) is 14.7. The first-order valence-electron chi connectivity index (χ1n) is 6.53. The highest BCUT2D eigenvalue weighted by Gasteiger charge is 2.30. The third kappa shape index (κ3) is 2.73. The van der Waals surface area contributed by atoms with Crippen molar-refractivity contribution in [3.63, 3.8) is 0 Å². The third-order valence-corrected chi connectivity index (χ3v) is 3.72. The van der Waals surface area contributed by atoms with Gasteiger partial charge in [0.15, 0.2) is 0 Å². The van der Waals surface area contributed by atoms with E-state index in [1.54, 1.807) is 13.0 Å². The molecule has 110 valence electrons. The molecule has 0 bridgehead atoms. The summed E-state index contributed by atoms with van der Waals surface area (Å²) >= 11 is 0. The third-order valence-electron chi connectivity index (χ3n) is 3.72. The van der Waals surface area contributed by atoms with Crippen molar-refractivity contribution in [2.45, 2.75) is 13.0 Å². The van der Waals surface area contributed by atoms with Gasteiger partial charge in [-0.2, -0.15) is 0 Å². The lowest BCUT2D eigenvalue weighted by Gasteiger charge is -2.40. The number of hydrogen-bond donors (Lipinski definition) is 1. The van der Waals surface area contributed by atoms with Gasteiger partial charge in [-0.1, -0.05) is 0 Å². The Morgan fingerprint density at radius 3 is 2.80 bits per heavy atom. The fourth-order valence-electron chi connectivity index (χ4n) is 2.56. The lowest BCUT2D eigenvalue weighted by Crippen LogP contribution is -2.55. The van der Waals surface area contributed by atoms with Crippen LogP contribution < -0.4 is 10.6 Å². The Balaban J connectivity index is 2.45. The average molecular weight is 282 g/mol. The Kier molecular flexibility index (Phi) is 4.20. The number of likely N-dealkylation sites (N-methyl/N-ethyl adjacent to an activating group) is 1. The molecule has 1 aliphatic heterocycles. The number of hydrogen-bond acceptors (Lipinski definition) is 5. The van der Waals surface area contributed by atoms with Gasteiger partial charge in [-0.15, -0.1) is 0 Å². The highest BCUT2D eigenvalue weighted by molar-refractivity contribution is 5.65. The molecule has 7 heteroatoms. The van der Waals surface area contributed by atoms with Crippen molar-refractivity contribution in [3.8, 4) is 0 Å². The molecule has 1 aromatic carbocycles. The van der Waals surface area contributed by atoms with E-state index in [1.165, 1.54) is 0 Å². The van der Waals surface area contributed by atoms with Crippen LogP contribution in [-0.2, 0) is 0 Å². The number of nitrogens with zero attached hydrogens (tertiary/aromatic N) is 3. The Bertz CT molecular complexity index is 523. The van der Waals surface area contributed by atoms with E-state index in [1.807, 2.05) is 11.9 Å². The molecule has 0 radical (unpaired) electrons. The second-order valence-electron chi connectivity index (χ2n) is 5.19. The van der Waals surface area contributed by atoms with Gasteiger partial charge >= 0.3 is 0 Å². The molecule has 1 fully saturated rings. The summed E-state index contributed by atoms with van der Waals surface area (Å²) in [7, 11) is 1.99. The van der Waals surface area contributed by atoms with Crippen molar-refractivity contribution < 1.29 is 9.31 Å². The maximum absolute atomic E-state index is 13.6. The molecular weight excluding hydrogens is 263 g/mol. The SMILES string of the molecule is Cc1cc(N2CCN(C)CC2CN)c([N+](=O)[O-])cc1F. The van der Waals surface area contributed by atoms with Crippen molar-refractivity contribution in [1.29, 1.82) is 0 Å². The standard InChI is InChI=1S/C13H19FN4O2/c1-9-5-12(13(18(19)20)6-11(9)14)17-4-3-16(2)8-10(17)7-15/h5-6,10H,3-4,7-8,15H2,1-2H3. The van der Waals surface area contributed by atoms with Crippen LogP contribution in [0.4, 0.5) is 15.8 Å². The zero-order chi connectivity index (χ0) is 14.9. The van der Waals surface area contributed by atoms with Crippen LogP contribution in [0.15, 0.2) is 12.1 Å².